The lowest BCUT2D eigenvalue weighted by Gasteiger charge is -2.15. The molecule has 0 aromatic heterocycles. The minimum atomic E-state index is -0.814. The fourth-order valence-corrected chi connectivity index (χ4v) is 6.31. The van der Waals surface area contributed by atoms with Crippen molar-refractivity contribution in [2.45, 2.75) is 187 Å². The molecule has 0 aliphatic heterocycles. The van der Waals surface area contributed by atoms with Crippen LogP contribution in [0.5, 0.6) is 0 Å². The maximum atomic E-state index is 12.3. The highest BCUT2D eigenvalue weighted by molar-refractivity contribution is 5.70. The third-order valence-corrected chi connectivity index (χ3v) is 10.2. The first-order valence-electron chi connectivity index (χ1n) is 26.3. The average molecular weight is 931 g/mol. The molecule has 0 saturated carbocycles. The third kappa shape index (κ3) is 53.6. The van der Waals surface area contributed by atoms with E-state index in [0.717, 1.165) is 154 Å². The SMILES string of the molecule is CC/C=C\C/C=C\C/C=C\C/C=C\C/C=C\C/C=C\C/C=C\C/C=C\C/C=C\C/C=C\C/C=C\CCCCCCCC(=O)OC(CO)COC(=O)CCCC/C=C\C/C=C\C/C=C\C/C=C\CC. The predicted molar refractivity (Wildman–Crippen MR) is 296 cm³/mol. The first kappa shape index (κ1) is 63.0. The van der Waals surface area contributed by atoms with Gasteiger partial charge in [0.25, 0.3) is 0 Å². The standard InChI is InChI=1S/C63H94O5/c1-3-5-7-9-11-13-15-17-19-20-21-22-23-24-25-26-27-28-29-30-31-32-33-34-35-36-37-38-39-40-41-42-44-46-48-50-52-54-56-58-63(66)68-61(59-64)60-67-62(65)57-55-53-51-49-47-45-43-18-16-14-12-10-8-6-4-2/h5-8,11-14,17-19,21-22,24-25,27-28,30-31,33-34,36-37,39-40,42-44,47,49,61,64H,3-4,9-10,15-16,20,23,26,29,32,35,38,41,45-46,48,50-60H2,1-2H3/b7-5-,8-6-,13-11-,14-12-,19-17-,22-21-,25-24-,28-27-,31-30-,34-33-,37-36-,40-39-,43-18-,44-42-,49-47-. The number of unbranched alkanes of at least 4 members (excludes halogenated alkanes) is 7. The molecule has 0 aromatic carbocycles. The Kier molecular flexibility index (Phi) is 52.2. The van der Waals surface area contributed by atoms with E-state index >= 15 is 0 Å². The second kappa shape index (κ2) is 56.3. The van der Waals surface area contributed by atoms with Crippen molar-refractivity contribution in [2.75, 3.05) is 13.2 Å². The van der Waals surface area contributed by atoms with Crippen LogP contribution >= 0.6 is 0 Å². The van der Waals surface area contributed by atoms with E-state index in [0.29, 0.717) is 12.8 Å². The predicted octanol–water partition coefficient (Wildman–Crippen LogP) is 18.0. The van der Waals surface area contributed by atoms with Crippen LogP contribution in [0.3, 0.4) is 0 Å². The van der Waals surface area contributed by atoms with E-state index in [4.69, 9.17) is 9.47 Å². The van der Waals surface area contributed by atoms with Crippen molar-refractivity contribution < 1.29 is 24.2 Å². The molecule has 0 rings (SSSR count). The van der Waals surface area contributed by atoms with E-state index in [1.54, 1.807) is 0 Å². The monoisotopic (exact) mass is 931 g/mol. The molecule has 1 unspecified atom stereocenters. The van der Waals surface area contributed by atoms with E-state index in [1.807, 2.05) is 0 Å². The van der Waals surface area contributed by atoms with Crippen molar-refractivity contribution in [3.8, 4) is 0 Å². The Hall–Kier alpha value is -5.00. The lowest BCUT2D eigenvalue weighted by atomic mass is 10.1. The molecule has 0 radical (unpaired) electrons. The maximum absolute atomic E-state index is 12.3. The summed E-state index contributed by atoms with van der Waals surface area (Å²) < 4.78 is 10.6. The topological polar surface area (TPSA) is 72.8 Å². The quantitative estimate of drug-likeness (QED) is 0.0374. The molecule has 0 amide bonds. The number of esters is 2. The van der Waals surface area contributed by atoms with Crippen molar-refractivity contribution in [3.05, 3.63) is 182 Å². The van der Waals surface area contributed by atoms with Gasteiger partial charge in [0.05, 0.1) is 6.61 Å². The summed E-state index contributed by atoms with van der Waals surface area (Å²) in [4.78, 5) is 24.4. The van der Waals surface area contributed by atoms with Gasteiger partial charge in [0, 0.05) is 12.8 Å². The molecule has 5 heteroatoms. The van der Waals surface area contributed by atoms with Crippen LogP contribution < -0.4 is 0 Å². The van der Waals surface area contributed by atoms with E-state index < -0.39 is 6.10 Å². The van der Waals surface area contributed by atoms with Crippen LogP contribution in [0.4, 0.5) is 0 Å². The Bertz CT molecular complexity index is 1620. The molecule has 0 spiro atoms. The molecule has 0 aliphatic carbocycles. The maximum Gasteiger partial charge on any atom is 0.306 e. The van der Waals surface area contributed by atoms with Gasteiger partial charge in [-0.2, -0.15) is 0 Å². The number of carbonyl (C=O) groups excluding carboxylic acids is 2. The minimum Gasteiger partial charge on any atom is -0.462 e. The van der Waals surface area contributed by atoms with Crippen LogP contribution in [0, 0.1) is 0 Å². The lowest BCUT2D eigenvalue weighted by molar-refractivity contribution is -0.161. The molecule has 5 nitrogen and oxygen atoms in total. The normalized spacial score (nSPS) is 13.8. The first-order chi connectivity index (χ1) is 33.6. The Morgan fingerprint density at radius 2 is 0.588 bits per heavy atom. The Labute approximate surface area is 416 Å². The van der Waals surface area contributed by atoms with Gasteiger partial charge in [-0.05, 0) is 135 Å². The van der Waals surface area contributed by atoms with Gasteiger partial charge in [0.1, 0.15) is 6.61 Å². The summed E-state index contributed by atoms with van der Waals surface area (Å²) in [6, 6.07) is 0. The van der Waals surface area contributed by atoms with Crippen LogP contribution in [-0.2, 0) is 19.1 Å². The summed E-state index contributed by atoms with van der Waals surface area (Å²) in [6.45, 7) is 3.83. The van der Waals surface area contributed by atoms with Crippen molar-refractivity contribution in [1.29, 1.82) is 0 Å². The van der Waals surface area contributed by atoms with Crippen LogP contribution in [-0.4, -0.2) is 36.4 Å². The second-order valence-corrected chi connectivity index (χ2v) is 16.5. The molecular formula is C63H94O5. The van der Waals surface area contributed by atoms with Crippen LogP contribution in [0.25, 0.3) is 0 Å². The number of ether oxygens (including phenoxy) is 2. The van der Waals surface area contributed by atoms with Gasteiger partial charge in [-0.15, -0.1) is 0 Å². The lowest BCUT2D eigenvalue weighted by Crippen LogP contribution is -2.28. The van der Waals surface area contributed by atoms with Crippen LogP contribution in [0.2, 0.25) is 0 Å². The highest BCUT2D eigenvalue weighted by Crippen LogP contribution is 2.10. The van der Waals surface area contributed by atoms with Gasteiger partial charge in [0.2, 0.25) is 0 Å². The van der Waals surface area contributed by atoms with Gasteiger partial charge in [-0.25, -0.2) is 0 Å². The van der Waals surface area contributed by atoms with E-state index in [2.05, 4.69) is 196 Å². The molecular weight excluding hydrogens is 837 g/mol. The molecule has 1 N–H and O–H groups in total. The molecule has 68 heavy (non-hydrogen) atoms. The average Bonchev–Trinajstić information content (AvgIpc) is 3.34. The number of carbonyl (C=O) groups is 2. The first-order valence-corrected chi connectivity index (χ1v) is 26.3. The molecule has 0 heterocycles. The number of hydrogen-bond donors (Lipinski definition) is 1. The van der Waals surface area contributed by atoms with E-state index in [1.165, 1.54) is 0 Å². The Morgan fingerprint density at radius 3 is 0.912 bits per heavy atom. The van der Waals surface area contributed by atoms with Gasteiger partial charge in [-0.3, -0.25) is 9.59 Å². The largest absolute Gasteiger partial charge is 0.462 e. The number of allylic oxidation sites excluding steroid dienone is 30. The zero-order valence-corrected chi connectivity index (χ0v) is 42.8. The van der Waals surface area contributed by atoms with Gasteiger partial charge < -0.3 is 14.6 Å². The molecule has 0 fully saturated rings. The second-order valence-electron chi connectivity index (χ2n) is 16.5. The molecule has 0 saturated heterocycles. The zero-order valence-electron chi connectivity index (χ0n) is 42.8. The highest BCUT2D eigenvalue weighted by Gasteiger charge is 2.16. The highest BCUT2D eigenvalue weighted by atomic mass is 16.6. The van der Waals surface area contributed by atoms with Gasteiger partial charge in [-0.1, -0.05) is 215 Å². The number of aliphatic hydroxyl groups is 1. The van der Waals surface area contributed by atoms with E-state index in [-0.39, 0.29) is 25.2 Å². The number of rotatable bonds is 45. The van der Waals surface area contributed by atoms with Crippen molar-refractivity contribution in [3.63, 3.8) is 0 Å². The summed E-state index contributed by atoms with van der Waals surface area (Å²) in [5.41, 5.74) is 0. The van der Waals surface area contributed by atoms with Gasteiger partial charge in [0.15, 0.2) is 6.10 Å². The van der Waals surface area contributed by atoms with Crippen molar-refractivity contribution in [2.24, 2.45) is 0 Å². The fourth-order valence-electron chi connectivity index (χ4n) is 6.31. The van der Waals surface area contributed by atoms with Crippen molar-refractivity contribution in [1.82, 2.24) is 0 Å². The summed E-state index contributed by atoms with van der Waals surface area (Å²) in [5, 5.41) is 9.61. The van der Waals surface area contributed by atoms with E-state index in [9.17, 15) is 14.7 Å². The Balaban J connectivity index is 3.71. The summed E-state index contributed by atoms with van der Waals surface area (Å²) in [6.07, 6.45) is 89.9. The van der Waals surface area contributed by atoms with Crippen LogP contribution in [0.15, 0.2) is 182 Å². The molecule has 0 aliphatic rings. The summed E-state index contributed by atoms with van der Waals surface area (Å²) in [7, 11) is 0. The summed E-state index contributed by atoms with van der Waals surface area (Å²) in [5.74, 6) is -0.680. The molecule has 0 aromatic rings. The smallest absolute Gasteiger partial charge is 0.306 e. The molecule has 0 bridgehead atoms. The fraction of sp³-hybridized carbons (Fsp3) is 0.492. The van der Waals surface area contributed by atoms with Gasteiger partial charge >= 0.3 is 11.9 Å². The molecule has 1 atom stereocenters. The van der Waals surface area contributed by atoms with Crippen LogP contribution in [0.1, 0.15) is 181 Å². The Morgan fingerprint density at radius 1 is 0.338 bits per heavy atom. The number of hydrogen-bond acceptors (Lipinski definition) is 5. The summed E-state index contributed by atoms with van der Waals surface area (Å²) >= 11 is 0. The number of aliphatic hydroxyl groups excluding tert-OH is 1. The minimum absolute atomic E-state index is 0.108. The third-order valence-electron chi connectivity index (χ3n) is 10.2. The van der Waals surface area contributed by atoms with Crippen molar-refractivity contribution >= 4 is 11.9 Å². The zero-order chi connectivity index (χ0) is 49.2. The molecule has 376 valence electrons.